The molecule has 0 saturated carbocycles. The molecule has 0 aromatic carbocycles. The molecule has 0 radical (unpaired) electrons. The van der Waals surface area contributed by atoms with Crippen LogP contribution in [0.2, 0.25) is 0 Å². The van der Waals surface area contributed by atoms with Gasteiger partial charge in [0, 0.05) is 24.1 Å². The molecule has 1 aromatic rings. The Bertz CT molecular complexity index is 823. The average Bonchev–Trinajstić information content (AvgIpc) is 2.98. The summed E-state index contributed by atoms with van der Waals surface area (Å²) in [7, 11) is 1.70. The molecule has 0 aliphatic carbocycles. The van der Waals surface area contributed by atoms with E-state index >= 15 is 0 Å². The zero-order valence-electron chi connectivity index (χ0n) is 18.0. The summed E-state index contributed by atoms with van der Waals surface area (Å²) < 4.78 is 21.7. The summed E-state index contributed by atoms with van der Waals surface area (Å²) in [5.74, 6) is 0.564. The van der Waals surface area contributed by atoms with Crippen LogP contribution in [0.4, 0.5) is 4.39 Å². The summed E-state index contributed by atoms with van der Waals surface area (Å²) in [6.07, 6.45) is 2.31. The van der Waals surface area contributed by atoms with Crippen molar-refractivity contribution < 1.29 is 19.3 Å². The molecule has 1 aliphatic rings. The maximum absolute atomic E-state index is 14.7. The second-order valence-corrected chi connectivity index (χ2v) is 8.64. The number of aliphatic hydroxyl groups excluding tert-OH is 2. The van der Waals surface area contributed by atoms with Crippen molar-refractivity contribution in [3.05, 3.63) is 45.4 Å². The Hall–Kier alpha value is -1.52. The number of thioether (sulfide) groups is 1. The number of aromatic nitrogens is 2. The van der Waals surface area contributed by atoms with Gasteiger partial charge in [-0.2, -0.15) is 4.98 Å². The highest BCUT2D eigenvalue weighted by atomic mass is 32.2. The number of hydrogen-bond acceptors (Lipinski definition) is 7. The van der Waals surface area contributed by atoms with E-state index in [0.29, 0.717) is 16.5 Å². The average molecular weight is 442 g/mol. The van der Waals surface area contributed by atoms with Gasteiger partial charge < -0.3 is 20.3 Å². The van der Waals surface area contributed by atoms with Crippen LogP contribution in [0.3, 0.4) is 0 Å². The number of aliphatic hydroxyl groups is 2. The van der Waals surface area contributed by atoms with Gasteiger partial charge in [0.2, 0.25) is 0 Å². The number of halogens is 1. The number of nitrogens with one attached hydrogen (secondary N) is 1. The first-order chi connectivity index (χ1) is 14.3. The summed E-state index contributed by atoms with van der Waals surface area (Å²) in [4.78, 5) is 16.5. The van der Waals surface area contributed by atoms with Crippen molar-refractivity contribution in [1.29, 1.82) is 0 Å². The standard InChI is InChI=1S/C21H32FN3O4S/c1-13(2)6-5-7-14(3)8-9-30-21-24-19(28)15(10-23-4)11-25(21)20-17(22)18(27)16(12-26)29-20/h6,8,11,16-18,20,23,26-27H,5,7,9-10,12H2,1-4H3/b14-8+/t16-,17+,18?,20-/m1/s1. The Labute approximate surface area is 181 Å². The summed E-state index contributed by atoms with van der Waals surface area (Å²) in [5.41, 5.74) is 2.48. The van der Waals surface area contributed by atoms with Crippen LogP contribution in [0.15, 0.2) is 39.4 Å². The van der Waals surface area contributed by atoms with Crippen molar-refractivity contribution in [1.82, 2.24) is 14.9 Å². The molecule has 3 N–H and O–H groups in total. The molecule has 2 heterocycles. The maximum atomic E-state index is 14.7. The first-order valence-electron chi connectivity index (χ1n) is 10.0. The highest BCUT2D eigenvalue weighted by Crippen LogP contribution is 2.34. The third kappa shape index (κ3) is 6.49. The number of hydrogen-bond donors (Lipinski definition) is 3. The van der Waals surface area contributed by atoms with Gasteiger partial charge in [-0.3, -0.25) is 9.36 Å². The van der Waals surface area contributed by atoms with Gasteiger partial charge in [-0.15, -0.1) is 0 Å². The number of ether oxygens (including phenoxy) is 1. The van der Waals surface area contributed by atoms with Gasteiger partial charge >= 0.3 is 0 Å². The zero-order chi connectivity index (χ0) is 22.3. The molecular weight excluding hydrogens is 409 g/mol. The van der Waals surface area contributed by atoms with Crippen LogP contribution >= 0.6 is 11.8 Å². The van der Waals surface area contributed by atoms with Gasteiger partial charge in [0.15, 0.2) is 17.6 Å². The highest BCUT2D eigenvalue weighted by Gasteiger charge is 2.45. The third-order valence-corrected chi connectivity index (χ3v) is 5.73. The van der Waals surface area contributed by atoms with E-state index in [1.165, 1.54) is 33.7 Å². The van der Waals surface area contributed by atoms with Gasteiger partial charge in [0.1, 0.15) is 12.2 Å². The van der Waals surface area contributed by atoms with Crippen molar-refractivity contribution in [2.75, 3.05) is 19.4 Å². The summed E-state index contributed by atoms with van der Waals surface area (Å²) in [5, 5.41) is 22.5. The third-order valence-electron chi connectivity index (χ3n) is 4.84. The van der Waals surface area contributed by atoms with Gasteiger partial charge in [-0.25, -0.2) is 4.39 Å². The minimum absolute atomic E-state index is 0.274. The quantitative estimate of drug-likeness (QED) is 0.291. The van der Waals surface area contributed by atoms with Crippen molar-refractivity contribution in [3.63, 3.8) is 0 Å². The molecule has 30 heavy (non-hydrogen) atoms. The van der Waals surface area contributed by atoms with Crippen molar-refractivity contribution in [2.45, 2.75) is 69.9 Å². The predicted molar refractivity (Wildman–Crippen MR) is 116 cm³/mol. The van der Waals surface area contributed by atoms with Crippen LogP contribution in [0.1, 0.15) is 45.4 Å². The van der Waals surface area contributed by atoms with Crippen LogP contribution in [0.5, 0.6) is 0 Å². The summed E-state index contributed by atoms with van der Waals surface area (Å²) in [6, 6.07) is 0. The van der Waals surface area contributed by atoms with E-state index in [0.717, 1.165) is 12.8 Å². The van der Waals surface area contributed by atoms with Crippen LogP contribution < -0.4 is 10.9 Å². The van der Waals surface area contributed by atoms with Crippen LogP contribution in [-0.2, 0) is 11.3 Å². The Morgan fingerprint density at radius 1 is 1.40 bits per heavy atom. The molecule has 4 atom stereocenters. The smallest absolute Gasteiger partial charge is 0.278 e. The van der Waals surface area contributed by atoms with Crippen molar-refractivity contribution in [3.8, 4) is 0 Å². The van der Waals surface area contributed by atoms with E-state index in [4.69, 9.17) is 4.74 Å². The molecule has 1 fully saturated rings. The summed E-state index contributed by atoms with van der Waals surface area (Å²) in [6.45, 7) is 5.97. The van der Waals surface area contributed by atoms with Crippen LogP contribution in [-0.4, -0.2) is 57.6 Å². The van der Waals surface area contributed by atoms with Crippen LogP contribution in [0, 0.1) is 0 Å². The van der Waals surface area contributed by atoms with E-state index in [-0.39, 0.29) is 12.1 Å². The minimum atomic E-state index is -1.74. The molecule has 1 aliphatic heterocycles. The molecule has 1 saturated heterocycles. The molecular formula is C21H32FN3O4S. The zero-order valence-corrected chi connectivity index (χ0v) is 18.8. The van der Waals surface area contributed by atoms with Crippen LogP contribution in [0.25, 0.3) is 0 Å². The Balaban J connectivity index is 2.23. The lowest BCUT2D eigenvalue weighted by molar-refractivity contribution is -0.0514. The largest absolute Gasteiger partial charge is 0.394 e. The summed E-state index contributed by atoms with van der Waals surface area (Å²) >= 11 is 1.30. The van der Waals surface area contributed by atoms with Crippen molar-refractivity contribution in [2.24, 2.45) is 0 Å². The fraction of sp³-hybridized carbons (Fsp3) is 0.619. The topological polar surface area (TPSA) is 96.6 Å². The Kier molecular flexibility index (Phi) is 9.70. The lowest BCUT2D eigenvalue weighted by Crippen LogP contribution is -2.31. The van der Waals surface area contributed by atoms with Gasteiger partial charge in [-0.05, 0) is 40.7 Å². The van der Waals surface area contributed by atoms with E-state index in [2.05, 4.69) is 43.2 Å². The Morgan fingerprint density at radius 2 is 2.13 bits per heavy atom. The highest BCUT2D eigenvalue weighted by molar-refractivity contribution is 7.99. The number of alkyl halides is 1. The fourth-order valence-corrected chi connectivity index (χ4v) is 4.09. The normalized spacial score (nSPS) is 24.3. The molecule has 9 heteroatoms. The number of rotatable bonds is 10. The first-order valence-corrected chi connectivity index (χ1v) is 11.0. The molecule has 1 aromatic heterocycles. The van der Waals surface area contributed by atoms with E-state index in [1.807, 2.05) is 0 Å². The minimum Gasteiger partial charge on any atom is -0.394 e. The lowest BCUT2D eigenvalue weighted by Gasteiger charge is -2.21. The van der Waals surface area contributed by atoms with Gasteiger partial charge in [0.05, 0.1) is 6.61 Å². The SMILES string of the molecule is CNCc1cn([C@@H]2O[C@H](CO)C(O)[C@@H]2F)c(SC/C=C(\C)CCC=C(C)C)nc1=O. The molecule has 168 valence electrons. The van der Waals surface area contributed by atoms with Gasteiger partial charge in [0.25, 0.3) is 5.56 Å². The molecule has 2 rings (SSSR count). The fourth-order valence-electron chi connectivity index (χ4n) is 3.12. The predicted octanol–water partition coefficient (Wildman–Crippen LogP) is 2.34. The van der Waals surface area contributed by atoms with Gasteiger partial charge in [-0.1, -0.05) is 35.1 Å². The molecule has 0 bridgehead atoms. The molecule has 0 amide bonds. The molecule has 7 nitrogen and oxygen atoms in total. The molecule has 0 spiro atoms. The monoisotopic (exact) mass is 441 g/mol. The van der Waals surface area contributed by atoms with E-state index < -0.39 is 31.2 Å². The van der Waals surface area contributed by atoms with E-state index in [9.17, 15) is 19.4 Å². The Morgan fingerprint density at radius 3 is 2.73 bits per heavy atom. The first kappa shape index (κ1) is 24.7. The van der Waals surface area contributed by atoms with Crippen molar-refractivity contribution >= 4 is 11.8 Å². The number of allylic oxidation sites excluding steroid dienone is 3. The second-order valence-electron chi connectivity index (χ2n) is 7.66. The number of nitrogens with zero attached hydrogens (tertiary/aromatic N) is 2. The molecule has 1 unspecified atom stereocenters. The maximum Gasteiger partial charge on any atom is 0.278 e. The lowest BCUT2D eigenvalue weighted by atomic mass is 10.1. The van der Waals surface area contributed by atoms with E-state index in [1.54, 1.807) is 7.05 Å². The second kappa shape index (κ2) is 11.8.